The lowest BCUT2D eigenvalue weighted by atomic mass is 9.88. The van der Waals surface area contributed by atoms with Gasteiger partial charge in [-0.2, -0.15) is 0 Å². The third kappa shape index (κ3) is 13.8. The summed E-state index contributed by atoms with van der Waals surface area (Å²) in [5.41, 5.74) is 1.40. The number of phenols is 2. The molecule has 2 aromatic rings. The van der Waals surface area contributed by atoms with E-state index in [1.165, 1.54) is 0 Å². The van der Waals surface area contributed by atoms with Gasteiger partial charge in [-0.05, 0) is 89.2 Å². The number of nitrogens with zero attached hydrogens (tertiary/aromatic N) is 3. The summed E-state index contributed by atoms with van der Waals surface area (Å²) in [4.78, 5) is 11.6. The Bertz CT molecular complexity index is 1170. The first-order valence-electron chi connectivity index (χ1n) is 15.6. The van der Waals surface area contributed by atoms with E-state index in [0.717, 1.165) is 39.0 Å². The summed E-state index contributed by atoms with van der Waals surface area (Å²) in [5.74, 6) is 1.25. The zero-order valence-corrected chi connectivity index (χ0v) is 28.0. The Labute approximate surface area is 260 Å². The maximum absolute atomic E-state index is 10.5. The van der Waals surface area contributed by atoms with Gasteiger partial charge in [-0.3, -0.25) is 9.98 Å². The molecule has 0 aliphatic heterocycles. The normalized spacial score (nSPS) is 12.8. The minimum absolute atomic E-state index is 0.000458. The van der Waals surface area contributed by atoms with Gasteiger partial charge >= 0.3 is 0 Å². The predicted molar refractivity (Wildman–Crippen MR) is 180 cm³/mol. The number of benzene rings is 2. The van der Waals surface area contributed by atoms with Crippen LogP contribution < -0.4 is 14.8 Å². The summed E-state index contributed by atoms with van der Waals surface area (Å²) in [6, 6.07) is 11.0. The summed E-state index contributed by atoms with van der Waals surface area (Å²) in [6.45, 7) is 21.7. The quantitative estimate of drug-likeness (QED) is 0.125. The SMILES string of the molecule is CC(C)Oc1cccc(C=NCC(C)(C)CCCN(C)CCNCC(C)(C)CN=Cc2cccc(OC(C)C)c2O)c1O. The molecular formula is C35H56N4O4. The van der Waals surface area contributed by atoms with Crippen molar-refractivity contribution in [2.24, 2.45) is 20.8 Å². The van der Waals surface area contributed by atoms with Crippen LogP contribution in [0, 0.1) is 10.8 Å². The van der Waals surface area contributed by atoms with Gasteiger partial charge in [0.1, 0.15) is 0 Å². The molecule has 0 fully saturated rings. The molecule has 0 amide bonds. The van der Waals surface area contributed by atoms with E-state index in [-0.39, 0.29) is 34.5 Å². The minimum atomic E-state index is -0.0131. The number of ether oxygens (including phenoxy) is 2. The van der Waals surface area contributed by atoms with Crippen molar-refractivity contribution < 1.29 is 19.7 Å². The number of aromatic hydroxyl groups is 2. The Morgan fingerprint density at radius 2 is 1.28 bits per heavy atom. The molecule has 8 heteroatoms. The van der Waals surface area contributed by atoms with Gasteiger partial charge in [0.05, 0.1) is 12.2 Å². The Kier molecular flexibility index (Phi) is 14.5. The second-order valence-electron chi connectivity index (χ2n) is 13.6. The van der Waals surface area contributed by atoms with Crippen molar-refractivity contribution >= 4 is 12.4 Å². The smallest absolute Gasteiger partial charge is 0.166 e. The van der Waals surface area contributed by atoms with E-state index in [9.17, 15) is 10.2 Å². The molecule has 0 aliphatic carbocycles. The monoisotopic (exact) mass is 596 g/mol. The van der Waals surface area contributed by atoms with Crippen LogP contribution in [0.25, 0.3) is 0 Å². The second kappa shape index (κ2) is 17.3. The first-order valence-corrected chi connectivity index (χ1v) is 15.6. The number of hydrogen-bond donors (Lipinski definition) is 3. The molecular weight excluding hydrogens is 540 g/mol. The van der Waals surface area contributed by atoms with Gasteiger partial charge in [0.25, 0.3) is 0 Å². The molecule has 0 atom stereocenters. The first kappa shape index (κ1) is 36.1. The first-order chi connectivity index (χ1) is 20.2. The minimum Gasteiger partial charge on any atom is -0.504 e. The molecule has 0 radical (unpaired) electrons. The van der Waals surface area contributed by atoms with E-state index < -0.39 is 0 Å². The van der Waals surface area contributed by atoms with E-state index in [1.54, 1.807) is 24.6 Å². The van der Waals surface area contributed by atoms with Gasteiger partial charge < -0.3 is 29.9 Å². The van der Waals surface area contributed by atoms with Crippen molar-refractivity contribution in [1.82, 2.24) is 10.2 Å². The zero-order valence-electron chi connectivity index (χ0n) is 28.0. The summed E-state index contributed by atoms with van der Waals surface area (Å²) < 4.78 is 11.3. The summed E-state index contributed by atoms with van der Waals surface area (Å²) in [7, 11) is 2.17. The van der Waals surface area contributed by atoms with Crippen LogP contribution in [-0.2, 0) is 0 Å². The Morgan fingerprint density at radius 3 is 1.77 bits per heavy atom. The number of rotatable bonds is 19. The van der Waals surface area contributed by atoms with Crippen molar-refractivity contribution in [2.75, 3.05) is 46.3 Å². The molecule has 0 saturated carbocycles. The fourth-order valence-electron chi connectivity index (χ4n) is 4.54. The fraction of sp³-hybridized carbons (Fsp3) is 0.600. The van der Waals surface area contributed by atoms with E-state index in [1.807, 2.05) is 52.0 Å². The van der Waals surface area contributed by atoms with Crippen LogP contribution in [0.3, 0.4) is 0 Å². The maximum Gasteiger partial charge on any atom is 0.166 e. The van der Waals surface area contributed by atoms with Crippen molar-refractivity contribution in [2.45, 2.75) is 80.4 Å². The van der Waals surface area contributed by atoms with Crippen LogP contribution in [0.2, 0.25) is 0 Å². The summed E-state index contributed by atoms with van der Waals surface area (Å²) in [5, 5.41) is 24.5. The van der Waals surface area contributed by atoms with Crippen LogP contribution in [0.5, 0.6) is 23.0 Å². The van der Waals surface area contributed by atoms with Gasteiger partial charge in [0.2, 0.25) is 0 Å². The number of para-hydroxylation sites is 2. The zero-order chi connectivity index (χ0) is 32.0. The fourth-order valence-corrected chi connectivity index (χ4v) is 4.54. The van der Waals surface area contributed by atoms with Crippen molar-refractivity contribution in [3.05, 3.63) is 47.5 Å². The molecule has 8 nitrogen and oxygen atoms in total. The number of phenolic OH excluding ortho intramolecular Hbond substituents is 2. The van der Waals surface area contributed by atoms with E-state index in [2.05, 4.69) is 54.9 Å². The lowest BCUT2D eigenvalue weighted by Crippen LogP contribution is -2.36. The molecule has 0 saturated heterocycles. The van der Waals surface area contributed by atoms with Gasteiger partial charge in [0, 0.05) is 56.3 Å². The van der Waals surface area contributed by atoms with E-state index >= 15 is 0 Å². The molecule has 2 aromatic carbocycles. The maximum atomic E-state index is 10.5. The molecule has 3 N–H and O–H groups in total. The lowest BCUT2D eigenvalue weighted by Gasteiger charge is -2.25. The molecule has 0 aliphatic rings. The van der Waals surface area contributed by atoms with Crippen LogP contribution in [0.4, 0.5) is 0 Å². The number of aliphatic imine (C=N–C) groups is 2. The highest BCUT2D eigenvalue weighted by Gasteiger charge is 2.19. The molecule has 0 bridgehead atoms. The van der Waals surface area contributed by atoms with Crippen LogP contribution >= 0.6 is 0 Å². The number of likely N-dealkylation sites (N-methyl/N-ethyl adjacent to an activating group) is 1. The van der Waals surface area contributed by atoms with E-state index in [4.69, 9.17) is 9.47 Å². The van der Waals surface area contributed by atoms with Gasteiger partial charge in [0.15, 0.2) is 23.0 Å². The standard InChI is InChI=1S/C35H56N4O4/c1-26(2)42-30-15-10-13-28(32(30)40)21-37-23-34(5,6)17-12-19-39(9)20-18-36-24-35(7,8)25-38-22-29-14-11-16-31(33(29)41)43-27(3)4/h10-11,13-16,21-22,26-27,36,40-41H,12,17-20,23-25H2,1-9H3. The third-order valence-electron chi connectivity index (χ3n) is 6.95. The lowest BCUT2D eigenvalue weighted by molar-refractivity contribution is 0.231. The predicted octanol–water partition coefficient (Wildman–Crippen LogP) is 6.56. The van der Waals surface area contributed by atoms with Crippen molar-refractivity contribution in [3.63, 3.8) is 0 Å². The molecule has 0 spiro atoms. The Balaban J connectivity index is 1.68. The average Bonchev–Trinajstić information content (AvgIpc) is 2.90. The van der Waals surface area contributed by atoms with Gasteiger partial charge in [-0.25, -0.2) is 0 Å². The highest BCUT2D eigenvalue weighted by Crippen LogP contribution is 2.31. The molecule has 0 aromatic heterocycles. The average molecular weight is 597 g/mol. The highest BCUT2D eigenvalue weighted by atomic mass is 16.5. The van der Waals surface area contributed by atoms with Crippen LogP contribution in [0.1, 0.15) is 79.4 Å². The van der Waals surface area contributed by atoms with Gasteiger partial charge in [-0.1, -0.05) is 39.8 Å². The Morgan fingerprint density at radius 1 is 0.791 bits per heavy atom. The second-order valence-corrected chi connectivity index (χ2v) is 13.6. The van der Waals surface area contributed by atoms with E-state index in [0.29, 0.717) is 35.7 Å². The van der Waals surface area contributed by atoms with Crippen LogP contribution in [-0.4, -0.2) is 86.1 Å². The number of hydrogen-bond acceptors (Lipinski definition) is 8. The van der Waals surface area contributed by atoms with Crippen molar-refractivity contribution in [3.8, 4) is 23.0 Å². The topological polar surface area (TPSA) is 98.9 Å². The summed E-state index contributed by atoms with van der Waals surface area (Å²) >= 11 is 0. The third-order valence-corrected chi connectivity index (χ3v) is 6.95. The summed E-state index contributed by atoms with van der Waals surface area (Å²) in [6.07, 6.45) is 5.64. The largest absolute Gasteiger partial charge is 0.504 e. The van der Waals surface area contributed by atoms with Gasteiger partial charge in [-0.15, -0.1) is 0 Å². The molecule has 0 unspecified atom stereocenters. The van der Waals surface area contributed by atoms with Crippen LogP contribution in [0.15, 0.2) is 46.4 Å². The molecule has 0 heterocycles. The number of nitrogens with one attached hydrogen (secondary N) is 1. The van der Waals surface area contributed by atoms with Crippen molar-refractivity contribution in [1.29, 1.82) is 0 Å². The Hall–Kier alpha value is -3.10. The molecule has 43 heavy (non-hydrogen) atoms. The molecule has 240 valence electrons. The highest BCUT2D eigenvalue weighted by molar-refractivity contribution is 5.85. The molecule has 2 rings (SSSR count).